The lowest BCUT2D eigenvalue weighted by atomic mass is 9.47. The molecule has 0 atom stereocenters. The second-order valence-electron chi connectivity index (χ2n) is 7.06. The summed E-state index contributed by atoms with van der Waals surface area (Å²) in [7, 11) is -3.60. The molecule has 0 heterocycles. The van der Waals surface area contributed by atoms with Gasteiger partial charge in [-0.2, -0.15) is 8.42 Å². The largest absolute Gasteiger partial charge is 0.290 e. The maximum atomic E-state index is 12.0. The molecule has 0 N–H and O–H groups in total. The SMILES string of the molecule is C=CS(=O)(=O)OC1(C(C)C)C2CC3CC(C2)CC1C3. The number of hydrogen-bond donors (Lipinski definition) is 0. The van der Waals surface area contributed by atoms with Gasteiger partial charge in [0.05, 0.1) is 11.0 Å². The molecule has 0 radical (unpaired) electrons. The molecule has 4 rings (SSSR count). The van der Waals surface area contributed by atoms with Gasteiger partial charge < -0.3 is 0 Å². The second kappa shape index (κ2) is 4.32. The van der Waals surface area contributed by atoms with Crippen LogP contribution >= 0.6 is 0 Å². The average Bonchev–Trinajstić information content (AvgIpc) is 2.32. The van der Waals surface area contributed by atoms with Gasteiger partial charge in [0.25, 0.3) is 10.1 Å². The van der Waals surface area contributed by atoms with Crippen LogP contribution in [0.2, 0.25) is 0 Å². The number of hydrogen-bond acceptors (Lipinski definition) is 3. The molecule has 19 heavy (non-hydrogen) atoms. The van der Waals surface area contributed by atoms with E-state index in [1.807, 2.05) is 0 Å². The van der Waals surface area contributed by atoms with Crippen LogP contribution in [-0.2, 0) is 14.3 Å². The van der Waals surface area contributed by atoms with Crippen LogP contribution in [0.4, 0.5) is 0 Å². The van der Waals surface area contributed by atoms with Crippen LogP contribution in [0, 0.1) is 29.6 Å². The molecule has 4 bridgehead atoms. The Morgan fingerprint density at radius 2 is 1.58 bits per heavy atom. The van der Waals surface area contributed by atoms with Gasteiger partial charge in [-0.3, -0.25) is 4.18 Å². The van der Waals surface area contributed by atoms with Gasteiger partial charge in [-0.1, -0.05) is 20.4 Å². The second-order valence-corrected chi connectivity index (χ2v) is 8.54. The van der Waals surface area contributed by atoms with Crippen molar-refractivity contribution < 1.29 is 12.6 Å². The molecule has 0 aromatic heterocycles. The van der Waals surface area contributed by atoms with E-state index in [0.717, 1.165) is 42.9 Å². The summed E-state index contributed by atoms with van der Waals surface area (Å²) in [5, 5.41) is 0.961. The van der Waals surface area contributed by atoms with Crippen LogP contribution in [-0.4, -0.2) is 14.0 Å². The van der Waals surface area contributed by atoms with E-state index in [-0.39, 0.29) is 5.92 Å². The molecule has 0 unspecified atom stereocenters. The molecule has 4 heteroatoms. The zero-order chi connectivity index (χ0) is 13.8. The van der Waals surface area contributed by atoms with Crippen molar-refractivity contribution in [3.8, 4) is 0 Å². The van der Waals surface area contributed by atoms with Crippen LogP contribution < -0.4 is 0 Å². The van der Waals surface area contributed by atoms with Gasteiger partial charge in [-0.25, -0.2) is 0 Å². The van der Waals surface area contributed by atoms with Gasteiger partial charge in [0.15, 0.2) is 0 Å². The van der Waals surface area contributed by atoms with Crippen molar-refractivity contribution >= 4 is 10.1 Å². The Morgan fingerprint density at radius 3 is 1.95 bits per heavy atom. The molecule has 0 aromatic carbocycles. The Labute approximate surface area is 116 Å². The summed E-state index contributed by atoms with van der Waals surface area (Å²) < 4.78 is 29.7. The van der Waals surface area contributed by atoms with Gasteiger partial charge in [0.1, 0.15) is 0 Å². The zero-order valence-corrected chi connectivity index (χ0v) is 12.7. The van der Waals surface area contributed by atoms with Gasteiger partial charge in [0, 0.05) is 0 Å². The minimum atomic E-state index is -3.60. The molecular formula is C15H24O3S. The maximum Gasteiger partial charge on any atom is 0.290 e. The van der Waals surface area contributed by atoms with Crippen LogP contribution in [0.1, 0.15) is 46.0 Å². The Bertz CT molecular complexity index is 450. The minimum Gasteiger partial charge on any atom is -0.259 e. The first-order chi connectivity index (χ1) is 8.87. The Hall–Kier alpha value is -0.350. The predicted molar refractivity (Wildman–Crippen MR) is 74.8 cm³/mol. The molecular weight excluding hydrogens is 260 g/mol. The van der Waals surface area contributed by atoms with Gasteiger partial charge in [0.2, 0.25) is 0 Å². The smallest absolute Gasteiger partial charge is 0.259 e. The lowest BCUT2D eigenvalue weighted by Gasteiger charge is -2.61. The molecule has 4 aliphatic rings. The first-order valence-corrected chi connectivity index (χ1v) is 8.92. The summed E-state index contributed by atoms with van der Waals surface area (Å²) in [6.07, 6.45) is 5.96. The van der Waals surface area contributed by atoms with Crippen molar-refractivity contribution in [2.45, 2.75) is 51.6 Å². The van der Waals surface area contributed by atoms with E-state index >= 15 is 0 Å². The lowest BCUT2D eigenvalue weighted by Crippen LogP contribution is -2.62. The standard InChI is InChI=1S/C15H24O3S/c1-4-19(16,17)18-15(10(2)3)13-6-11-5-12(8-13)9-14(15)7-11/h4,10-14H,1,5-9H2,2-3H3. The summed E-state index contributed by atoms with van der Waals surface area (Å²) >= 11 is 0. The fourth-order valence-electron chi connectivity index (χ4n) is 5.33. The lowest BCUT2D eigenvalue weighted by molar-refractivity contribution is -0.176. The summed E-state index contributed by atoms with van der Waals surface area (Å²) in [5.74, 6) is 2.68. The Balaban J connectivity index is 1.99. The molecule has 0 aliphatic heterocycles. The fourth-order valence-corrected chi connectivity index (χ4v) is 6.27. The summed E-state index contributed by atoms with van der Waals surface area (Å²) in [6, 6.07) is 0. The van der Waals surface area contributed by atoms with Crippen LogP contribution in [0.3, 0.4) is 0 Å². The molecule has 3 nitrogen and oxygen atoms in total. The summed E-state index contributed by atoms with van der Waals surface area (Å²) in [5.41, 5.74) is -0.472. The fraction of sp³-hybridized carbons (Fsp3) is 0.867. The average molecular weight is 284 g/mol. The van der Waals surface area contributed by atoms with Crippen LogP contribution in [0.15, 0.2) is 12.0 Å². The molecule has 0 spiro atoms. The summed E-state index contributed by atoms with van der Waals surface area (Å²) in [6.45, 7) is 7.62. The maximum absolute atomic E-state index is 12.0. The monoisotopic (exact) mass is 284 g/mol. The predicted octanol–water partition coefficient (Wildman–Crippen LogP) is 3.33. The van der Waals surface area contributed by atoms with Gasteiger partial charge in [-0.15, -0.1) is 0 Å². The third-order valence-electron chi connectivity index (χ3n) is 5.78. The van der Waals surface area contributed by atoms with E-state index < -0.39 is 15.7 Å². The van der Waals surface area contributed by atoms with Crippen molar-refractivity contribution in [3.05, 3.63) is 12.0 Å². The molecule has 4 fully saturated rings. The van der Waals surface area contributed by atoms with Crippen molar-refractivity contribution in [2.75, 3.05) is 0 Å². The number of rotatable bonds is 4. The van der Waals surface area contributed by atoms with E-state index in [1.54, 1.807) is 0 Å². The highest BCUT2D eigenvalue weighted by Gasteiger charge is 2.60. The van der Waals surface area contributed by atoms with Crippen molar-refractivity contribution in [2.24, 2.45) is 29.6 Å². The highest BCUT2D eigenvalue weighted by Crippen LogP contribution is 2.62. The molecule has 4 saturated carbocycles. The van der Waals surface area contributed by atoms with Crippen molar-refractivity contribution in [1.82, 2.24) is 0 Å². The summed E-state index contributed by atoms with van der Waals surface area (Å²) in [4.78, 5) is 0. The van der Waals surface area contributed by atoms with Crippen molar-refractivity contribution in [3.63, 3.8) is 0 Å². The van der Waals surface area contributed by atoms with E-state index in [9.17, 15) is 8.42 Å². The molecule has 108 valence electrons. The zero-order valence-electron chi connectivity index (χ0n) is 11.8. The molecule has 0 saturated heterocycles. The first kappa shape index (κ1) is 13.6. The van der Waals surface area contributed by atoms with E-state index in [0.29, 0.717) is 11.8 Å². The third-order valence-corrected chi connectivity index (χ3v) is 6.71. The molecule has 0 amide bonds. The highest BCUT2D eigenvalue weighted by atomic mass is 32.2. The van der Waals surface area contributed by atoms with E-state index in [1.165, 1.54) is 6.42 Å². The highest BCUT2D eigenvalue weighted by molar-refractivity contribution is 7.89. The third kappa shape index (κ3) is 1.99. The first-order valence-electron chi connectivity index (χ1n) is 7.45. The quantitative estimate of drug-likeness (QED) is 0.744. The van der Waals surface area contributed by atoms with Crippen LogP contribution in [0.5, 0.6) is 0 Å². The van der Waals surface area contributed by atoms with Gasteiger partial charge in [-0.05, 0) is 61.7 Å². The topological polar surface area (TPSA) is 43.4 Å². The van der Waals surface area contributed by atoms with Crippen molar-refractivity contribution in [1.29, 1.82) is 0 Å². The Kier molecular flexibility index (Phi) is 3.10. The molecule has 4 aliphatic carbocycles. The van der Waals surface area contributed by atoms with Crippen LogP contribution in [0.25, 0.3) is 0 Å². The van der Waals surface area contributed by atoms with E-state index in [4.69, 9.17) is 4.18 Å². The minimum absolute atomic E-state index is 0.234. The normalized spacial score (nSPS) is 44.8. The van der Waals surface area contributed by atoms with E-state index in [2.05, 4.69) is 20.4 Å². The molecule has 0 aromatic rings. The Morgan fingerprint density at radius 1 is 1.11 bits per heavy atom. The van der Waals surface area contributed by atoms with Gasteiger partial charge >= 0.3 is 0 Å².